The summed E-state index contributed by atoms with van der Waals surface area (Å²) in [5, 5.41) is 10.7. The largest absolute Gasteiger partial charge is 0.308 e. The van der Waals surface area contributed by atoms with E-state index >= 15 is 0 Å². The molecule has 5 aromatic carbocycles. The molecule has 0 unspecified atom stereocenters. The van der Waals surface area contributed by atoms with Crippen LogP contribution in [0.1, 0.15) is 0 Å². The third-order valence-electron chi connectivity index (χ3n) is 7.57. The van der Waals surface area contributed by atoms with Crippen LogP contribution in [-0.2, 0) is 0 Å². The molecule has 0 saturated heterocycles. The summed E-state index contributed by atoms with van der Waals surface area (Å²) in [6, 6.07) is 35.9. The van der Waals surface area contributed by atoms with E-state index in [1.807, 2.05) is 0 Å². The maximum atomic E-state index is 2.47. The minimum atomic E-state index is 1.29. The molecule has 32 heavy (non-hydrogen) atoms. The minimum Gasteiger partial charge on any atom is -0.308 e. The summed E-state index contributed by atoms with van der Waals surface area (Å²) in [6.07, 6.45) is 0. The second-order valence-corrected chi connectivity index (χ2v) is 9.00. The molecule has 2 nitrogen and oxygen atoms in total. The van der Waals surface area contributed by atoms with Gasteiger partial charge in [-0.25, -0.2) is 0 Å². The van der Waals surface area contributed by atoms with Crippen LogP contribution in [0, 0.1) is 0 Å². The summed E-state index contributed by atoms with van der Waals surface area (Å²) in [5.41, 5.74) is 7.84. The summed E-state index contributed by atoms with van der Waals surface area (Å²) in [4.78, 5) is 0. The van der Waals surface area contributed by atoms with E-state index in [0.29, 0.717) is 0 Å². The lowest BCUT2D eigenvalue weighted by atomic mass is 10.0. The van der Waals surface area contributed by atoms with Crippen LogP contribution >= 0.6 is 0 Å². The zero-order chi connectivity index (χ0) is 20.6. The highest BCUT2D eigenvalue weighted by atomic mass is 14.9. The van der Waals surface area contributed by atoms with Crippen LogP contribution in [0.5, 0.6) is 0 Å². The molecule has 0 aliphatic carbocycles. The van der Waals surface area contributed by atoms with Gasteiger partial charge >= 0.3 is 0 Å². The Morgan fingerprint density at radius 3 is 1.16 bits per heavy atom. The number of para-hydroxylation sites is 4. The number of fused-ring (bicyclic) bond motifs is 12. The predicted octanol–water partition coefficient (Wildman–Crippen LogP) is 7.99. The van der Waals surface area contributed by atoms with Crippen LogP contribution in [0.2, 0.25) is 0 Å². The number of benzene rings is 5. The zero-order valence-corrected chi connectivity index (χ0v) is 17.1. The Hall–Kier alpha value is -4.30. The van der Waals surface area contributed by atoms with Gasteiger partial charge in [-0.05, 0) is 24.3 Å². The Balaban J connectivity index is 1.63. The van der Waals surface area contributed by atoms with Crippen molar-refractivity contribution >= 4 is 76.2 Å². The Morgan fingerprint density at radius 1 is 0.312 bits per heavy atom. The number of aromatic nitrogens is 2. The number of hydrogen-bond donors (Lipinski definition) is 0. The van der Waals surface area contributed by atoms with Gasteiger partial charge in [0.25, 0.3) is 0 Å². The van der Waals surface area contributed by atoms with Crippen molar-refractivity contribution in [2.24, 2.45) is 0 Å². The van der Waals surface area contributed by atoms with Crippen LogP contribution in [0.4, 0.5) is 0 Å². The van der Waals surface area contributed by atoms with Gasteiger partial charge in [0.2, 0.25) is 0 Å². The molecule has 4 aromatic heterocycles. The van der Waals surface area contributed by atoms with Crippen LogP contribution in [0.25, 0.3) is 76.2 Å². The summed E-state index contributed by atoms with van der Waals surface area (Å²) in [5.74, 6) is 0. The Bertz CT molecular complexity index is 2030. The average Bonchev–Trinajstić information content (AvgIpc) is 3.56. The molecule has 0 aliphatic rings. The molecule has 0 saturated carbocycles. The Labute approximate surface area is 182 Å². The van der Waals surface area contributed by atoms with Crippen molar-refractivity contribution in [2.45, 2.75) is 0 Å². The van der Waals surface area contributed by atoms with Gasteiger partial charge in [-0.2, -0.15) is 0 Å². The van der Waals surface area contributed by atoms with E-state index in [1.165, 1.54) is 76.2 Å². The first-order chi connectivity index (χ1) is 15.9. The van der Waals surface area contributed by atoms with Crippen molar-refractivity contribution in [3.05, 3.63) is 97.1 Å². The van der Waals surface area contributed by atoms with Gasteiger partial charge in [0.1, 0.15) is 0 Å². The van der Waals surface area contributed by atoms with Crippen LogP contribution in [0.15, 0.2) is 97.1 Å². The fraction of sp³-hybridized carbons (Fsp3) is 0. The highest BCUT2D eigenvalue weighted by molar-refractivity contribution is 6.28. The monoisotopic (exact) mass is 404 g/mol. The third kappa shape index (κ3) is 1.52. The van der Waals surface area contributed by atoms with Crippen LogP contribution in [0.3, 0.4) is 0 Å². The van der Waals surface area contributed by atoms with Crippen LogP contribution in [-0.4, -0.2) is 8.80 Å². The standard InChI is InChI=1S/C30H16N2/c1-3-13-25-17(7-1)19-9-5-11-21-23-16-28-24(15-27(23)31(25)29(19)21)22-12-6-10-20-18-8-2-4-14-26(18)32(28)30(20)22/h1-16H. The molecule has 9 rings (SSSR count). The zero-order valence-electron chi connectivity index (χ0n) is 17.1. The van der Waals surface area contributed by atoms with Crippen molar-refractivity contribution in [1.82, 2.24) is 8.80 Å². The summed E-state index contributed by atoms with van der Waals surface area (Å²) in [6.45, 7) is 0. The van der Waals surface area contributed by atoms with E-state index in [4.69, 9.17) is 0 Å². The van der Waals surface area contributed by atoms with Gasteiger partial charge in [0.15, 0.2) is 0 Å². The predicted molar refractivity (Wildman–Crippen MR) is 136 cm³/mol. The smallest absolute Gasteiger partial charge is 0.0620 e. The van der Waals surface area contributed by atoms with E-state index in [9.17, 15) is 0 Å². The van der Waals surface area contributed by atoms with Crippen molar-refractivity contribution < 1.29 is 0 Å². The quantitative estimate of drug-likeness (QED) is 0.242. The maximum absolute atomic E-state index is 2.47. The van der Waals surface area contributed by atoms with Gasteiger partial charge < -0.3 is 8.80 Å². The highest BCUT2D eigenvalue weighted by Gasteiger charge is 2.21. The molecule has 2 heteroatoms. The molecule has 146 valence electrons. The summed E-state index contributed by atoms with van der Waals surface area (Å²) < 4.78 is 4.95. The summed E-state index contributed by atoms with van der Waals surface area (Å²) in [7, 11) is 0. The van der Waals surface area contributed by atoms with Crippen molar-refractivity contribution in [2.75, 3.05) is 0 Å². The second-order valence-electron chi connectivity index (χ2n) is 9.00. The molecule has 0 amide bonds. The molecule has 0 spiro atoms. The van der Waals surface area contributed by atoms with Crippen molar-refractivity contribution in [3.8, 4) is 0 Å². The normalized spacial score (nSPS) is 13.0. The molecule has 0 radical (unpaired) electrons. The van der Waals surface area contributed by atoms with E-state index < -0.39 is 0 Å². The fourth-order valence-electron chi connectivity index (χ4n) is 6.35. The molecule has 0 aliphatic heterocycles. The average molecular weight is 404 g/mol. The van der Waals surface area contributed by atoms with E-state index in [0.717, 1.165) is 0 Å². The number of rotatable bonds is 0. The maximum Gasteiger partial charge on any atom is 0.0620 e. The second kappa shape index (κ2) is 4.95. The van der Waals surface area contributed by atoms with Gasteiger partial charge in [-0.3, -0.25) is 0 Å². The van der Waals surface area contributed by atoms with Crippen molar-refractivity contribution in [1.29, 1.82) is 0 Å². The lowest BCUT2D eigenvalue weighted by Gasteiger charge is -2.01. The topological polar surface area (TPSA) is 8.82 Å². The SMILES string of the molecule is c1ccc2c(c1)c1cccc3c4cc5c(cc4n2c13)c1cccc2c3ccccc3n5c21. The van der Waals surface area contributed by atoms with Gasteiger partial charge in [-0.15, -0.1) is 0 Å². The molecular weight excluding hydrogens is 388 g/mol. The molecule has 0 N–H and O–H groups in total. The minimum absolute atomic E-state index is 1.29. The molecule has 0 bridgehead atoms. The first kappa shape index (κ1) is 15.5. The lowest BCUT2D eigenvalue weighted by molar-refractivity contribution is 1.36. The van der Waals surface area contributed by atoms with E-state index in [1.54, 1.807) is 0 Å². The Kier molecular flexibility index (Phi) is 2.40. The van der Waals surface area contributed by atoms with Gasteiger partial charge in [0, 0.05) is 43.1 Å². The van der Waals surface area contributed by atoms with E-state index in [-0.39, 0.29) is 0 Å². The molecule has 0 atom stereocenters. The molecule has 0 fully saturated rings. The van der Waals surface area contributed by atoms with Crippen LogP contribution < -0.4 is 0 Å². The van der Waals surface area contributed by atoms with Crippen molar-refractivity contribution in [3.63, 3.8) is 0 Å². The first-order valence-electron chi connectivity index (χ1n) is 11.1. The highest BCUT2D eigenvalue weighted by Crippen LogP contribution is 2.44. The summed E-state index contributed by atoms with van der Waals surface area (Å²) >= 11 is 0. The molecular formula is C30H16N2. The molecule has 4 heterocycles. The van der Waals surface area contributed by atoms with E-state index in [2.05, 4.69) is 106 Å². The van der Waals surface area contributed by atoms with Gasteiger partial charge in [0.05, 0.1) is 33.1 Å². The fourth-order valence-corrected chi connectivity index (χ4v) is 6.35. The number of hydrogen-bond acceptors (Lipinski definition) is 0. The first-order valence-corrected chi connectivity index (χ1v) is 11.1. The third-order valence-corrected chi connectivity index (χ3v) is 7.57. The number of nitrogens with zero attached hydrogens (tertiary/aromatic N) is 2. The molecule has 9 aromatic rings. The van der Waals surface area contributed by atoms with Gasteiger partial charge in [-0.1, -0.05) is 72.8 Å². The lowest BCUT2D eigenvalue weighted by Crippen LogP contribution is -1.82. The Morgan fingerprint density at radius 2 is 0.688 bits per heavy atom.